The Morgan fingerprint density at radius 3 is 2.75 bits per heavy atom. The van der Waals surface area contributed by atoms with Crippen molar-refractivity contribution in [1.82, 2.24) is 0 Å². The summed E-state index contributed by atoms with van der Waals surface area (Å²) in [4.78, 5) is 4.62. The highest BCUT2D eigenvalue weighted by Crippen LogP contribution is 2.43. The van der Waals surface area contributed by atoms with E-state index in [9.17, 15) is 4.39 Å². The summed E-state index contributed by atoms with van der Waals surface area (Å²) >= 11 is 0. The maximum atomic E-state index is 13.5. The molecule has 1 unspecified atom stereocenters. The van der Waals surface area contributed by atoms with Crippen molar-refractivity contribution in [2.75, 3.05) is 0 Å². The summed E-state index contributed by atoms with van der Waals surface area (Å²) in [6.07, 6.45) is 12.0. The molecule has 1 aromatic carbocycles. The van der Waals surface area contributed by atoms with Gasteiger partial charge in [-0.3, -0.25) is 4.99 Å². The van der Waals surface area contributed by atoms with E-state index >= 15 is 0 Å². The molecule has 0 radical (unpaired) electrons. The van der Waals surface area contributed by atoms with Gasteiger partial charge < -0.3 is 0 Å². The molecular weight excluding hydrogens is 249 g/mol. The molecule has 1 nitrogen and oxygen atoms in total. The number of benzene rings is 1. The van der Waals surface area contributed by atoms with Gasteiger partial charge in [0, 0.05) is 11.1 Å². The number of fused-ring (bicyclic) bond motifs is 1. The number of halogens is 1. The number of hydrogen-bond acceptors (Lipinski definition) is 1. The van der Waals surface area contributed by atoms with E-state index in [0.717, 1.165) is 36.2 Å². The van der Waals surface area contributed by atoms with Crippen LogP contribution in [0.2, 0.25) is 0 Å². The molecule has 1 aromatic rings. The Hall–Kier alpha value is -1.70. The molecule has 0 saturated carbocycles. The standard InChI is InChI=1S/C18H20FN/c1-13-18(2,11-5-8-14-6-3-4-7-14)16-12-15(19)9-10-17(16)20-13/h3-4,6-7,9-10,12,14H,5,8,11H2,1-2H3. The van der Waals surface area contributed by atoms with Crippen LogP contribution >= 0.6 is 0 Å². The Kier molecular flexibility index (Phi) is 3.33. The van der Waals surface area contributed by atoms with E-state index in [-0.39, 0.29) is 11.2 Å². The summed E-state index contributed by atoms with van der Waals surface area (Å²) < 4.78 is 13.5. The molecule has 0 aromatic heterocycles. The van der Waals surface area contributed by atoms with Gasteiger partial charge in [-0.15, -0.1) is 0 Å². The average molecular weight is 269 g/mol. The van der Waals surface area contributed by atoms with Crippen LogP contribution in [0.25, 0.3) is 0 Å². The van der Waals surface area contributed by atoms with Gasteiger partial charge in [-0.25, -0.2) is 4.39 Å². The molecule has 2 heteroatoms. The van der Waals surface area contributed by atoms with Crippen LogP contribution in [0.1, 0.15) is 38.7 Å². The number of nitrogens with zero attached hydrogens (tertiary/aromatic N) is 1. The van der Waals surface area contributed by atoms with Crippen molar-refractivity contribution in [3.05, 3.63) is 53.9 Å². The molecule has 0 fully saturated rings. The van der Waals surface area contributed by atoms with Crippen LogP contribution in [0.3, 0.4) is 0 Å². The first-order valence-corrected chi connectivity index (χ1v) is 7.30. The lowest BCUT2D eigenvalue weighted by molar-refractivity contribution is 0.513. The van der Waals surface area contributed by atoms with Crippen LogP contribution < -0.4 is 0 Å². The SMILES string of the molecule is CC1=Nc2ccc(F)cc2C1(C)CCCC1C=CC=C1. The fraction of sp³-hybridized carbons (Fsp3) is 0.389. The van der Waals surface area contributed by atoms with Crippen molar-refractivity contribution in [3.8, 4) is 0 Å². The molecule has 0 saturated heterocycles. The summed E-state index contributed by atoms with van der Waals surface area (Å²) in [5.41, 5.74) is 2.99. The minimum atomic E-state index is -0.165. The average Bonchev–Trinajstić information content (AvgIpc) is 3.00. The first-order valence-electron chi connectivity index (χ1n) is 7.30. The van der Waals surface area contributed by atoms with Crippen LogP contribution in [0.4, 0.5) is 10.1 Å². The van der Waals surface area contributed by atoms with Crippen molar-refractivity contribution in [2.45, 2.75) is 38.5 Å². The summed E-state index contributed by atoms with van der Waals surface area (Å²) in [5.74, 6) is 0.408. The summed E-state index contributed by atoms with van der Waals surface area (Å²) in [7, 11) is 0. The van der Waals surface area contributed by atoms with Crippen molar-refractivity contribution >= 4 is 11.4 Å². The Morgan fingerprint density at radius 1 is 1.25 bits per heavy atom. The summed E-state index contributed by atoms with van der Waals surface area (Å²) in [5, 5.41) is 0. The van der Waals surface area contributed by atoms with Gasteiger partial charge in [0.2, 0.25) is 0 Å². The van der Waals surface area contributed by atoms with Gasteiger partial charge in [0.1, 0.15) is 5.82 Å². The van der Waals surface area contributed by atoms with Crippen molar-refractivity contribution in [2.24, 2.45) is 10.9 Å². The molecule has 1 heterocycles. The van der Waals surface area contributed by atoms with E-state index in [1.54, 1.807) is 12.1 Å². The number of rotatable bonds is 4. The third-order valence-corrected chi connectivity index (χ3v) is 4.68. The number of aliphatic imine (C=N–C) groups is 1. The topological polar surface area (TPSA) is 12.4 Å². The Morgan fingerprint density at radius 2 is 2.00 bits per heavy atom. The smallest absolute Gasteiger partial charge is 0.123 e. The molecule has 0 spiro atoms. The van der Waals surface area contributed by atoms with Gasteiger partial charge in [0.15, 0.2) is 0 Å². The highest BCUT2D eigenvalue weighted by atomic mass is 19.1. The predicted molar refractivity (Wildman–Crippen MR) is 82.1 cm³/mol. The predicted octanol–water partition coefficient (Wildman–Crippen LogP) is 5.10. The Labute approximate surface area is 119 Å². The van der Waals surface area contributed by atoms with Gasteiger partial charge in [0.05, 0.1) is 5.69 Å². The molecule has 1 atom stereocenters. The summed E-state index contributed by atoms with van der Waals surface area (Å²) in [6, 6.07) is 4.95. The van der Waals surface area contributed by atoms with Crippen molar-refractivity contribution < 1.29 is 4.39 Å². The molecule has 0 N–H and O–H groups in total. The minimum absolute atomic E-state index is 0.108. The van der Waals surface area contributed by atoms with E-state index in [1.807, 2.05) is 0 Å². The van der Waals surface area contributed by atoms with Gasteiger partial charge in [-0.2, -0.15) is 0 Å². The number of hydrogen-bond donors (Lipinski definition) is 0. The molecule has 0 bridgehead atoms. The minimum Gasteiger partial charge on any atom is -0.257 e. The normalized spacial score (nSPS) is 24.2. The fourth-order valence-electron chi connectivity index (χ4n) is 3.22. The molecule has 0 amide bonds. The van der Waals surface area contributed by atoms with Gasteiger partial charge >= 0.3 is 0 Å². The van der Waals surface area contributed by atoms with Gasteiger partial charge in [0.25, 0.3) is 0 Å². The van der Waals surface area contributed by atoms with E-state index in [4.69, 9.17) is 0 Å². The molecule has 20 heavy (non-hydrogen) atoms. The third kappa shape index (κ3) is 2.24. The van der Waals surface area contributed by atoms with Crippen LogP contribution in [0.5, 0.6) is 0 Å². The second kappa shape index (κ2) is 5.01. The van der Waals surface area contributed by atoms with Gasteiger partial charge in [-0.05, 0) is 49.4 Å². The first-order chi connectivity index (χ1) is 9.59. The maximum absolute atomic E-state index is 13.5. The van der Waals surface area contributed by atoms with Gasteiger partial charge in [-0.1, -0.05) is 37.6 Å². The van der Waals surface area contributed by atoms with E-state index in [0.29, 0.717) is 5.92 Å². The third-order valence-electron chi connectivity index (χ3n) is 4.68. The highest BCUT2D eigenvalue weighted by molar-refractivity contribution is 5.99. The molecule has 2 aliphatic rings. The molecule has 104 valence electrons. The zero-order valence-electron chi connectivity index (χ0n) is 12.1. The second-order valence-corrected chi connectivity index (χ2v) is 6.02. The lowest BCUT2D eigenvalue weighted by Crippen LogP contribution is -2.27. The van der Waals surface area contributed by atoms with Crippen LogP contribution in [0, 0.1) is 11.7 Å². The largest absolute Gasteiger partial charge is 0.257 e. The van der Waals surface area contributed by atoms with Crippen LogP contribution in [-0.2, 0) is 5.41 Å². The number of allylic oxidation sites excluding steroid dienone is 4. The molecular formula is C18H20FN. The Bertz CT molecular complexity index is 600. The molecule has 3 rings (SSSR count). The van der Waals surface area contributed by atoms with E-state index in [1.165, 1.54) is 6.07 Å². The molecule has 1 aliphatic heterocycles. The Balaban J connectivity index is 1.74. The van der Waals surface area contributed by atoms with E-state index in [2.05, 4.69) is 43.1 Å². The maximum Gasteiger partial charge on any atom is 0.123 e. The van der Waals surface area contributed by atoms with Crippen LogP contribution in [0.15, 0.2) is 47.5 Å². The zero-order chi connectivity index (χ0) is 14.2. The zero-order valence-corrected chi connectivity index (χ0v) is 12.1. The first kappa shape index (κ1) is 13.3. The molecule has 1 aliphatic carbocycles. The lowest BCUT2D eigenvalue weighted by Gasteiger charge is -2.26. The quantitative estimate of drug-likeness (QED) is 0.721. The van der Waals surface area contributed by atoms with Crippen molar-refractivity contribution in [1.29, 1.82) is 0 Å². The summed E-state index contributed by atoms with van der Waals surface area (Å²) in [6.45, 7) is 4.25. The highest BCUT2D eigenvalue weighted by Gasteiger charge is 2.36. The van der Waals surface area contributed by atoms with E-state index < -0.39 is 0 Å². The second-order valence-electron chi connectivity index (χ2n) is 6.02. The monoisotopic (exact) mass is 269 g/mol. The van der Waals surface area contributed by atoms with Crippen molar-refractivity contribution in [3.63, 3.8) is 0 Å². The van der Waals surface area contributed by atoms with Crippen LogP contribution in [-0.4, -0.2) is 5.71 Å². The fourth-order valence-corrected chi connectivity index (χ4v) is 3.22. The lowest BCUT2D eigenvalue weighted by atomic mass is 9.75.